The number of alkyl halides is 2. The lowest BCUT2D eigenvalue weighted by Crippen LogP contribution is -2.31. The van der Waals surface area contributed by atoms with E-state index in [0.717, 1.165) is 11.1 Å². The van der Waals surface area contributed by atoms with Gasteiger partial charge in [0, 0.05) is 25.0 Å². The summed E-state index contributed by atoms with van der Waals surface area (Å²) in [4.78, 5) is 6.66. The van der Waals surface area contributed by atoms with Crippen LogP contribution in [-0.4, -0.2) is 33.6 Å². The summed E-state index contributed by atoms with van der Waals surface area (Å²) < 4.78 is 28.5. The van der Waals surface area contributed by atoms with E-state index >= 15 is 0 Å². The maximum absolute atomic E-state index is 13.7. The molecule has 152 valence electrons. The minimum atomic E-state index is -2.62. The molecule has 0 amide bonds. The molecule has 1 aromatic heterocycles. The van der Waals surface area contributed by atoms with E-state index in [4.69, 9.17) is 5.73 Å². The standard InChI is InChI=1S/C20H22F2N4.2ClH/c1-13(19-24-17-9-5-6-10-18(17)26(19)20(21)22)25-11-15(16(23)12-25)14-7-3-2-4-8-14;;/h2-10,13,15-16,20H,11-12,23H2,1H3;2*1H/t13?,15-,16+;;/m0../s1. The van der Waals surface area contributed by atoms with E-state index in [9.17, 15) is 8.78 Å². The minimum Gasteiger partial charge on any atom is -0.326 e. The van der Waals surface area contributed by atoms with Crippen LogP contribution in [0.25, 0.3) is 11.0 Å². The maximum Gasteiger partial charge on any atom is 0.320 e. The Hall–Kier alpha value is -1.73. The third-order valence-corrected chi connectivity index (χ3v) is 5.36. The molecule has 2 heterocycles. The lowest BCUT2D eigenvalue weighted by atomic mass is 9.95. The van der Waals surface area contributed by atoms with Crippen LogP contribution in [0.3, 0.4) is 0 Å². The van der Waals surface area contributed by atoms with Crippen LogP contribution in [-0.2, 0) is 0 Å². The highest BCUT2D eigenvalue weighted by Crippen LogP contribution is 2.34. The van der Waals surface area contributed by atoms with Gasteiger partial charge in [0.25, 0.3) is 0 Å². The molecule has 28 heavy (non-hydrogen) atoms. The van der Waals surface area contributed by atoms with Crippen LogP contribution < -0.4 is 5.73 Å². The van der Waals surface area contributed by atoms with Crippen molar-refractivity contribution in [2.24, 2.45) is 5.73 Å². The summed E-state index contributed by atoms with van der Waals surface area (Å²) in [5.41, 5.74) is 8.63. The number of nitrogens with two attached hydrogens (primary N) is 1. The number of rotatable bonds is 4. The number of likely N-dealkylation sites (tertiary alicyclic amines) is 1. The fraction of sp³-hybridized carbons (Fsp3) is 0.350. The third-order valence-electron chi connectivity index (χ3n) is 5.36. The maximum atomic E-state index is 13.7. The van der Waals surface area contributed by atoms with Gasteiger partial charge in [0.05, 0.1) is 17.1 Å². The molecular weight excluding hydrogens is 405 g/mol. The fourth-order valence-electron chi connectivity index (χ4n) is 3.96. The van der Waals surface area contributed by atoms with E-state index in [1.165, 1.54) is 5.56 Å². The van der Waals surface area contributed by atoms with Gasteiger partial charge in [-0.3, -0.25) is 9.47 Å². The number of hydrogen-bond donors (Lipinski definition) is 1. The molecule has 8 heteroatoms. The van der Waals surface area contributed by atoms with Crippen LogP contribution in [0.15, 0.2) is 54.6 Å². The molecular formula is C20H24Cl2F2N4. The molecule has 4 rings (SSSR count). The van der Waals surface area contributed by atoms with Gasteiger partial charge in [0.15, 0.2) is 0 Å². The van der Waals surface area contributed by atoms with Crippen LogP contribution in [0.5, 0.6) is 0 Å². The van der Waals surface area contributed by atoms with Gasteiger partial charge in [-0.2, -0.15) is 8.78 Å². The monoisotopic (exact) mass is 428 g/mol. The van der Waals surface area contributed by atoms with Crippen LogP contribution in [0.1, 0.15) is 36.8 Å². The van der Waals surface area contributed by atoms with Crippen molar-refractivity contribution < 1.29 is 8.78 Å². The molecule has 1 unspecified atom stereocenters. The van der Waals surface area contributed by atoms with E-state index in [0.29, 0.717) is 23.4 Å². The zero-order valence-corrected chi connectivity index (χ0v) is 17.0. The van der Waals surface area contributed by atoms with Crippen LogP contribution in [0.4, 0.5) is 8.78 Å². The van der Waals surface area contributed by atoms with Crippen molar-refractivity contribution in [2.75, 3.05) is 13.1 Å². The summed E-state index contributed by atoms with van der Waals surface area (Å²) in [6.07, 6.45) is 0. The summed E-state index contributed by atoms with van der Waals surface area (Å²) in [6, 6.07) is 16.9. The van der Waals surface area contributed by atoms with Gasteiger partial charge in [-0.25, -0.2) is 4.98 Å². The lowest BCUT2D eigenvalue weighted by Gasteiger charge is -2.24. The van der Waals surface area contributed by atoms with Crippen LogP contribution in [0, 0.1) is 0 Å². The Labute approximate surface area is 175 Å². The average Bonchev–Trinajstić information content (AvgIpc) is 3.22. The molecule has 3 aromatic rings. The Morgan fingerprint density at radius 1 is 1.00 bits per heavy atom. The molecule has 1 fully saturated rings. The van der Waals surface area contributed by atoms with E-state index in [1.807, 2.05) is 31.2 Å². The molecule has 0 radical (unpaired) electrons. The van der Waals surface area contributed by atoms with E-state index in [-0.39, 0.29) is 42.8 Å². The van der Waals surface area contributed by atoms with E-state index in [2.05, 4.69) is 22.0 Å². The van der Waals surface area contributed by atoms with Crippen molar-refractivity contribution in [1.82, 2.24) is 14.5 Å². The minimum absolute atomic E-state index is 0. The first-order chi connectivity index (χ1) is 12.6. The van der Waals surface area contributed by atoms with Gasteiger partial charge < -0.3 is 5.73 Å². The van der Waals surface area contributed by atoms with Gasteiger partial charge >= 0.3 is 6.55 Å². The second kappa shape index (κ2) is 9.18. The summed E-state index contributed by atoms with van der Waals surface area (Å²) in [6.45, 7) is 0.702. The average molecular weight is 429 g/mol. The summed E-state index contributed by atoms with van der Waals surface area (Å²) in [5.74, 6) is 0.588. The van der Waals surface area contributed by atoms with Crippen molar-refractivity contribution in [3.63, 3.8) is 0 Å². The summed E-state index contributed by atoms with van der Waals surface area (Å²) in [7, 11) is 0. The Kier molecular flexibility index (Phi) is 7.39. The highest BCUT2D eigenvalue weighted by Gasteiger charge is 2.36. The predicted molar refractivity (Wildman–Crippen MR) is 113 cm³/mol. The zero-order chi connectivity index (χ0) is 18.3. The van der Waals surface area contributed by atoms with Crippen molar-refractivity contribution in [2.45, 2.75) is 31.5 Å². The molecule has 1 aliphatic heterocycles. The predicted octanol–water partition coefficient (Wildman–Crippen LogP) is 4.76. The molecule has 0 bridgehead atoms. The highest BCUT2D eigenvalue weighted by molar-refractivity contribution is 5.85. The second-order valence-corrected chi connectivity index (χ2v) is 6.92. The van der Waals surface area contributed by atoms with Crippen molar-refractivity contribution in [1.29, 1.82) is 0 Å². The fourth-order valence-corrected chi connectivity index (χ4v) is 3.96. The largest absolute Gasteiger partial charge is 0.326 e. The SMILES string of the molecule is CC(c1nc2ccccc2n1C(F)F)N1C[C@@H](N)[C@H](c2ccccc2)C1.Cl.Cl. The third kappa shape index (κ3) is 4.01. The number of imidazole rings is 1. The normalized spacial score (nSPS) is 20.8. The molecule has 0 spiro atoms. The van der Waals surface area contributed by atoms with Crippen LogP contribution >= 0.6 is 24.8 Å². The first kappa shape index (κ1) is 22.6. The number of halogens is 4. The Morgan fingerprint density at radius 2 is 1.64 bits per heavy atom. The molecule has 1 aliphatic rings. The van der Waals surface area contributed by atoms with Gasteiger partial charge in [-0.1, -0.05) is 42.5 Å². The molecule has 0 aliphatic carbocycles. The van der Waals surface area contributed by atoms with Gasteiger partial charge in [0.2, 0.25) is 0 Å². The first-order valence-electron chi connectivity index (χ1n) is 8.86. The van der Waals surface area contributed by atoms with Crippen LogP contribution in [0.2, 0.25) is 0 Å². The number of fused-ring (bicyclic) bond motifs is 1. The Bertz CT molecular complexity index is 904. The second-order valence-electron chi connectivity index (χ2n) is 6.92. The quantitative estimate of drug-likeness (QED) is 0.651. The lowest BCUT2D eigenvalue weighted by molar-refractivity contribution is 0.0658. The molecule has 2 aromatic carbocycles. The Morgan fingerprint density at radius 3 is 2.32 bits per heavy atom. The summed E-state index contributed by atoms with van der Waals surface area (Å²) in [5, 5.41) is 0. The van der Waals surface area contributed by atoms with E-state index in [1.54, 1.807) is 18.2 Å². The van der Waals surface area contributed by atoms with Gasteiger partial charge in [-0.15, -0.1) is 24.8 Å². The topological polar surface area (TPSA) is 47.1 Å². The number of benzene rings is 2. The number of hydrogen-bond acceptors (Lipinski definition) is 3. The number of nitrogens with zero attached hydrogens (tertiary/aromatic N) is 3. The smallest absolute Gasteiger partial charge is 0.320 e. The molecule has 1 saturated heterocycles. The molecule has 2 N–H and O–H groups in total. The number of aromatic nitrogens is 2. The highest BCUT2D eigenvalue weighted by atomic mass is 35.5. The van der Waals surface area contributed by atoms with Gasteiger partial charge in [-0.05, 0) is 24.6 Å². The van der Waals surface area contributed by atoms with Gasteiger partial charge in [0.1, 0.15) is 5.82 Å². The van der Waals surface area contributed by atoms with E-state index < -0.39 is 6.55 Å². The van der Waals surface area contributed by atoms with Crippen molar-refractivity contribution in [3.8, 4) is 0 Å². The van der Waals surface area contributed by atoms with Crippen molar-refractivity contribution >= 4 is 35.8 Å². The first-order valence-corrected chi connectivity index (χ1v) is 8.86. The Balaban J connectivity index is 0.00000140. The van der Waals surface area contributed by atoms with Crippen molar-refractivity contribution in [3.05, 3.63) is 66.0 Å². The molecule has 0 saturated carbocycles. The summed E-state index contributed by atoms with van der Waals surface area (Å²) >= 11 is 0. The molecule has 3 atom stereocenters. The number of para-hydroxylation sites is 2. The zero-order valence-electron chi connectivity index (χ0n) is 15.4. The molecule has 4 nitrogen and oxygen atoms in total.